The molecule has 1 aromatic carbocycles. The zero-order chi connectivity index (χ0) is 21.6. The van der Waals surface area contributed by atoms with E-state index in [1.165, 1.54) is 18.3 Å². The van der Waals surface area contributed by atoms with Crippen LogP contribution in [0.4, 0.5) is 19.0 Å². The van der Waals surface area contributed by atoms with Crippen LogP contribution in [0.2, 0.25) is 0 Å². The van der Waals surface area contributed by atoms with Crippen LogP contribution in [0.15, 0.2) is 36.5 Å². The number of carbonyl (C=O) groups is 2. The summed E-state index contributed by atoms with van der Waals surface area (Å²) in [5, 5.41) is 2.64. The number of amides is 1. The van der Waals surface area contributed by atoms with E-state index in [0.717, 1.165) is 12.1 Å². The molecule has 0 unspecified atom stereocenters. The highest BCUT2D eigenvalue weighted by atomic mass is 19.4. The first-order chi connectivity index (χ1) is 13.6. The molecule has 0 fully saturated rings. The van der Waals surface area contributed by atoms with E-state index >= 15 is 0 Å². The van der Waals surface area contributed by atoms with Crippen molar-refractivity contribution in [1.82, 2.24) is 4.98 Å². The van der Waals surface area contributed by atoms with Crippen molar-refractivity contribution < 1.29 is 27.5 Å². The van der Waals surface area contributed by atoms with E-state index in [4.69, 9.17) is 4.74 Å². The number of aromatic nitrogens is 1. The molecule has 29 heavy (non-hydrogen) atoms. The third-order valence-corrected chi connectivity index (χ3v) is 4.17. The smallest absolute Gasteiger partial charge is 0.416 e. The first-order valence-electron chi connectivity index (χ1n) is 9.18. The van der Waals surface area contributed by atoms with Crippen LogP contribution in [0.1, 0.15) is 48.2 Å². The molecule has 0 saturated heterocycles. The molecule has 0 spiro atoms. The average molecular weight is 408 g/mol. The van der Waals surface area contributed by atoms with Gasteiger partial charge >= 0.3 is 6.18 Å². The molecule has 0 radical (unpaired) electrons. The molecule has 0 atom stereocenters. The van der Waals surface area contributed by atoms with Gasteiger partial charge in [0, 0.05) is 24.1 Å². The Labute approximate surface area is 167 Å². The number of hydrogen-bond acceptors (Lipinski definition) is 4. The van der Waals surface area contributed by atoms with Crippen molar-refractivity contribution in [1.29, 1.82) is 0 Å². The molecule has 1 N–H and O–H groups in total. The Balaban J connectivity index is 1.87. The number of alkyl halides is 3. The number of benzene rings is 1. The third kappa shape index (κ3) is 6.58. The van der Waals surface area contributed by atoms with Gasteiger partial charge in [-0.3, -0.25) is 9.59 Å². The predicted molar refractivity (Wildman–Crippen MR) is 103 cm³/mol. The van der Waals surface area contributed by atoms with Gasteiger partial charge in [-0.15, -0.1) is 0 Å². The summed E-state index contributed by atoms with van der Waals surface area (Å²) >= 11 is 0. The van der Waals surface area contributed by atoms with Gasteiger partial charge in [-0.25, -0.2) is 4.98 Å². The minimum atomic E-state index is -4.40. The van der Waals surface area contributed by atoms with Crippen molar-refractivity contribution in [3.63, 3.8) is 0 Å². The first kappa shape index (κ1) is 22.4. The maximum absolute atomic E-state index is 12.7. The lowest BCUT2D eigenvalue weighted by Crippen LogP contribution is -2.18. The Bertz CT molecular complexity index is 880. The summed E-state index contributed by atoms with van der Waals surface area (Å²) in [5.74, 6) is 0.129. The highest BCUT2D eigenvalue weighted by Crippen LogP contribution is 2.32. The second-order valence-corrected chi connectivity index (χ2v) is 6.93. The Morgan fingerprint density at radius 3 is 2.52 bits per heavy atom. The molecule has 8 heteroatoms. The summed E-state index contributed by atoms with van der Waals surface area (Å²) in [5.41, 5.74) is 0.0752. The quantitative estimate of drug-likeness (QED) is 0.491. The Morgan fingerprint density at radius 2 is 1.90 bits per heavy atom. The van der Waals surface area contributed by atoms with Crippen molar-refractivity contribution in [2.45, 2.75) is 39.8 Å². The number of nitrogens with zero attached hydrogens (tertiary/aromatic N) is 1. The molecule has 1 aromatic heterocycles. The fourth-order valence-electron chi connectivity index (χ4n) is 2.49. The molecule has 1 amide bonds. The Kier molecular flexibility index (Phi) is 7.36. The molecule has 5 nitrogen and oxygen atoms in total. The maximum atomic E-state index is 12.7. The molecule has 0 bridgehead atoms. The zero-order valence-corrected chi connectivity index (χ0v) is 16.5. The number of pyridine rings is 1. The average Bonchev–Trinajstić information content (AvgIpc) is 2.65. The van der Waals surface area contributed by atoms with Crippen LogP contribution in [0.5, 0.6) is 5.75 Å². The number of Topliss-reactive ketones (excluding diaryl/α,β-unsaturated/α-hetero) is 1. The van der Waals surface area contributed by atoms with Crippen LogP contribution in [0.3, 0.4) is 0 Å². The van der Waals surface area contributed by atoms with Crippen LogP contribution in [0.25, 0.3) is 0 Å². The summed E-state index contributed by atoms with van der Waals surface area (Å²) in [6.45, 7) is 5.24. The molecule has 0 saturated carbocycles. The molecular formula is C21H23F3N2O3. The fourth-order valence-corrected chi connectivity index (χ4v) is 2.49. The molecule has 2 aromatic rings. The first-order valence-corrected chi connectivity index (χ1v) is 9.18. The number of anilines is 1. The lowest BCUT2D eigenvalue weighted by Gasteiger charge is -2.12. The molecule has 0 aliphatic rings. The number of ketones is 1. The molecule has 0 aliphatic carbocycles. The van der Waals surface area contributed by atoms with Crippen molar-refractivity contribution >= 4 is 17.5 Å². The van der Waals surface area contributed by atoms with Crippen molar-refractivity contribution in [3.05, 3.63) is 53.2 Å². The molecule has 1 heterocycles. The van der Waals surface area contributed by atoms with Crippen molar-refractivity contribution in [2.24, 2.45) is 5.92 Å². The van der Waals surface area contributed by atoms with Gasteiger partial charge in [0.05, 0.1) is 12.2 Å². The summed E-state index contributed by atoms with van der Waals surface area (Å²) < 4.78 is 43.6. The van der Waals surface area contributed by atoms with Crippen molar-refractivity contribution in [2.75, 3.05) is 11.9 Å². The van der Waals surface area contributed by atoms with Crippen LogP contribution in [0, 0.1) is 12.8 Å². The number of hydrogen-bond donors (Lipinski definition) is 1. The monoisotopic (exact) mass is 408 g/mol. The fraction of sp³-hybridized carbons (Fsp3) is 0.381. The summed E-state index contributed by atoms with van der Waals surface area (Å²) in [7, 11) is 0. The second kappa shape index (κ2) is 9.54. The topological polar surface area (TPSA) is 68.3 Å². The third-order valence-electron chi connectivity index (χ3n) is 4.17. The SMILES string of the molecule is Cc1cc(C(F)(F)F)ccc1OCCCC(=O)c1ccnc(NC(=O)C(C)C)c1. The summed E-state index contributed by atoms with van der Waals surface area (Å²) in [4.78, 5) is 28.1. The molecule has 2 rings (SSSR count). The highest BCUT2D eigenvalue weighted by molar-refractivity contribution is 5.98. The second-order valence-electron chi connectivity index (χ2n) is 6.93. The number of nitrogens with one attached hydrogen (secondary N) is 1. The maximum Gasteiger partial charge on any atom is 0.416 e. The van der Waals surface area contributed by atoms with Gasteiger partial charge in [0.1, 0.15) is 11.6 Å². The molecular weight excluding hydrogens is 385 g/mol. The number of carbonyl (C=O) groups excluding carboxylic acids is 2. The van der Waals surface area contributed by atoms with Gasteiger partial charge in [-0.05, 0) is 49.2 Å². The molecule has 156 valence electrons. The van der Waals surface area contributed by atoms with E-state index in [9.17, 15) is 22.8 Å². The number of ether oxygens (including phenoxy) is 1. The Morgan fingerprint density at radius 1 is 1.17 bits per heavy atom. The van der Waals surface area contributed by atoms with Crippen LogP contribution < -0.4 is 10.1 Å². The summed E-state index contributed by atoms with van der Waals surface area (Å²) in [6.07, 6.45) is -2.35. The minimum absolute atomic E-state index is 0.139. The molecule has 0 aliphatic heterocycles. The van der Waals surface area contributed by atoms with Gasteiger partial charge in [0.2, 0.25) is 5.91 Å². The van der Waals surface area contributed by atoms with E-state index in [-0.39, 0.29) is 30.6 Å². The lowest BCUT2D eigenvalue weighted by molar-refractivity contribution is -0.137. The predicted octanol–water partition coefficient (Wildman–Crippen LogP) is 5.05. The van der Waals surface area contributed by atoms with E-state index in [0.29, 0.717) is 29.1 Å². The number of rotatable bonds is 8. The standard InChI is InChI=1S/C21H23F3N2O3/c1-13(2)20(28)26-19-12-15(8-9-25-19)17(27)5-4-10-29-18-7-6-16(11-14(18)3)21(22,23)24/h6-9,11-13H,4-5,10H2,1-3H3,(H,25,26,28). The van der Waals surface area contributed by atoms with Gasteiger partial charge in [0.15, 0.2) is 5.78 Å². The number of halogens is 3. The minimum Gasteiger partial charge on any atom is -0.493 e. The van der Waals surface area contributed by atoms with E-state index in [2.05, 4.69) is 10.3 Å². The highest BCUT2D eigenvalue weighted by Gasteiger charge is 2.30. The van der Waals surface area contributed by atoms with Crippen LogP contribution >= 0.6 is 0 Å². The van der Waals surface area contributed by atoms with E-state index in [1.54, 1.807) is 26.8 Å². The van der Waals surface area contributed by atoms with E-state index < -0.39 is 11.7 Å². The van der Waals surface area contributed by atoms with Gasteiger partial charge in [-0.2, -0.15) is 13.2 Å². The normalized spacial score (nSPS) is 11.4. The number of aryl methyl sites for hydroxylation is 1. The van der Waals surface area contributed by atoms with Crippen molar-refractivity contribution in [3.8, 4) is 5.75 Å². The van der Waals surface area contributed by atoms with Gasteiger partial charge in [-0.1, -0.05) is 13.8 Å². The van der Waals surface area contributed by atoms with Gasteiger partial charge < -0.3 is 10.1 Å². The lowest BCUT2D eigenvalue weighted by atomic mass is 10.1. The van der Waals surface area contributed by atoms with Gasteiger partial charge in [0.25, 0.3) is 0 Å². The zero-order valence-electron chi connectivity index (χ0n) is 16.5. The largest absolute Gasteiger partial charge is 0.493 e. The van der Waals surface area contributed by atoms with Crippen LogP contribution in [-0.4, -0.2) is 23.3 Å². The van der Waals surface area contributed by atoms with Crippen LogP contribution in [-0.2, 0) is 11.0 Å². The Hall–Kier alpha value is -2.90. The summed E-state index contributed by atoms with van der Waals surface area (Å²) in [6, 6.07) is 6.37. The van der Waals surface area contributed by atoms with E-state index in [1.807, 2.05) is 0 Å².